The Morgan fingerprint density at radius 2 is 1.78 bits per heavy atom. The fourth-order valence-electron chi connectivity index (χ4n) is 2.84. The Morgan fingerprint density at radius 1 is 1.04 bits per heavy atom. The van der Waals surface area contributed by atoms with Gasteiger partial charge in [0.05, 0.1) is 10.6 Å². The topological polar surface area (TPSA) is 74.7 Å². The lowest BCUT2D eigenvalue weighted by atomic mass is 10.1. The Hall–Kier alpha value is -2.64. The molecule has 0 atom stereocenters. The average Bonchev–Trinajstić information content (AvgIpc) is 3.11. The summed E-state index contributed by atoms with van der Waals surface area (Å²) in [5.74, 6) is -0.975. The lowest BCUT2D eigenvalue weighted by molar-refractivity contribution is 0.0702. The van der Waals surface area contributed by atoms with Gasteiger partial charge in [-0.25, -0.2) is 13.2 Å². The summed E-state index contributed by atoms with van der Waals surface area (Å²) in [6, 6.07) is 15.6. The van der Waals surface area contributed by atoms with E-state index in [2.05, 4.69) is 0 Å². The number of thiophene rings is 1. The number of rotatable bonds is 5. The number of carboxylic acids is 1. The molecule has 3 rings (SSSR count). The third-order valence-corrected chi connectivity index (χ3v) is 7.35. The zero-order valence-electron chi connectivity index (χ0n) is 15.1. The van der Waals surface area contributed by atoms with Crippen molar-refractivity contribution in [3.05, 3.63) is 70.6 Å². The molecule has 0 bridgehead atoms. The SMILES string of the molecule is Cc1ccc(S(=O)(=O)N(C)c2cccc(-c3ccc(C(=O)O)s3)c2)c(C)c1. The van der Waals surface area contributed by atoms with Crippen LogP contribution in [-0.2, 0) is 10.0 Å². The van der Waals surface area contributed by atoms with Gasteiger partial charge in [0.1, 0.15) is 4.88 Å². The minimum atomic E-state index is -3.70. The van der Waals surface area contributed by atoms with Gasteiger partial charge in [0, 0.05) is 11.9 Å². The molecule has 0 radical (unpaired) electrons. The predicted octanol–water partition coefficient (Wildman–Crippen LogP) is 4.56. The van der Waals surface area contributed by atoms with E-state index < -0.39 is 16.0 Å². The summed E-state index contributed by atoms with van der Waals surface area (Å²) in [4.78, 5) is 12.4. The molecule has 0 aliphatic heterocycles. The number of aryl methyl sites for hydroxylation is 2. The molecule has 5 nitrogen and oxygen atoms in total. The van der Waals surface area contributed by atoms with Crippen LogP contribution in [0.3, 0.4) is 0 Å². The molecule has 27 heavy (non-hydrogen) atoms. The summed E-state index contributed by atoms with van der Waals surface area (Å²) in [5.41, 5.74) is 2.98. The number of sulfonamides is 1. The van der Waals surface area contributed by atoms with E-state index in [4.69, 9.17) is 5.11 Å². The van der Waals surface area contributed by atoms with Gasteiger partial charge in [-0.05, 0) is 55.3 Å². The molecule has 0 saturated heterocycles. The van der Waals surface area contributed by atoms with E-state index in [-0.39, 0.29) is 9.77 Å². The van der Waals surface area contributed by atoms with Crippen molar-refractivity contribution in [2.45, 2.75) is 18.7 Å². The zero-order chi connectivity index (χ0) is 19.8. The second-order valence-electron chi connectivity index (χ2n) is 6.26. The summed E-state index contributed by atoms with van der Waals surface area (Å²) in [7, 11) is -2.19. The smallest absolute Gasteiger partial charge is 0.345 e. The highest BCUT2D eigenvalue weighted by atomic mass is 32.2. The van der Waals surface area contributed by atoms with Crippen LogP contribution in [0, 0.1) is 13.8 Å². The maximum absolute atomic E-state index is 13.1. The highest BCUT2D eigenvalue weighted by molar-refractivity contribution is 7.92. The van der Waals surface area contributed by atoms with Gasteiger partial charge in [0.2, 0.25) is 0 Å². The van der Waals surface area contributed by atoms with Crippen molar-refractivity contribution >= 4 is 33.0 Å². The summed E-state index contributed by atoms with van der Waals surface area (Å²) < 4.78 is 27.4. The molecule has 1 aromatic heterocycles. The van der Waals surface area contributed by atoms with Crippen molar-refractivity contribution in [3.63, 3.8) is 0 Å². The summed E-state index contributed by atoms with van der Waals surface area (Å²) in [5, 5.41) is 9.09. The van der Waals surface area contributed by atoms with Crippen LogP contribution in [0.15, 0.2) is 59.5 Å². The fourth-order valence-corrected chi connectivity index (χ4v) is 5.07. The number of carboxylic acid groups (broad SMARTS) is 1. The first-order valence-corrected chi connectivity index (χ1v) is 10.5. The molecule has 0 fully saturated rings. The third kappa shape index (κ3) is 3.74. The normalized spacial score (nSPS) is 11.4. The molecule has 1 heterocycles. The average molecular weight is 402 g/mol. The molecule has 2 aromatic carbocycles. The minimum absolute atomic E-state index is 0.242. The van der Waals surface area contributed by atoms with Crippen molar-refractivity contribution in [2.75, 3.05) is 11.4 Å². The van der Waals surface area contributed by atoms with E-state index in [1.807, 2.05) is 19.1 Å². The molecule has 7 heteroatoms. The van der Waals surface area contributed by atoms with Crippen LogP contribution in [0.1, 0.15) is 20.8 Å². The molecule has 0 aliphatic rings. The van der Waals surface area contributed by atoms with Gasteiger partial charge >= 0.3 is 5.97 Å². The van der Waals surface area contributed by atoms with E-state index in [0.29, 0.717) is 11.3 Å². The number of benzene rings is 2. The Morgan fingerprint density at radius 3 is 2.41 bits per heavy atom. The Balaban J connectivity index is 1.99. The molecular weight excluding hydrogens is 382 g/mol. The number of nitrogens with zero attached hydrogens (tertiary/aromatic N) is 1. The Kier molecular flexibility index (Phi) is 5.08. The van der Waals surface area contributed by atoms with Crippen molar-refractivity contribution in [2.24, 2.45) is 0 Å². The number of carbonyl (C=O) groups is 1. The molecule has 0 amide bonds. The van der Waals surface area contributed by atoms with Crippen molar-refractivity contribution in [1.82, 2.24) is 0 Å². The molecule has 0 aliphatic carbocycles. The van der Waals surface area contributed by atoms with E-state index in [1.165, 1.54) is 11.4 Å². The summed E-state index contributed by atoms with van der Waals surface area (Å²) >= 11 is 1.15. The highest BCUT2D eigenvalue weighted by Gasteiger charge is 2.23. The molecule has 0 unspecified atom stereocenters. The quantitative estimate of drug-likeness (QED) is 0.680. The monoisotopic (exact) mass is 401 g/mol. The van der Waals surface area contributed by atoms with Gasteiger partial charge in [-0.15, -0.1) is 11.3 Å². The molecule has 140 valence electrons. The number of hydrogen-bond acceptors (Lipinski definition) is 4. The van der Waals surface area contributed by atoms with Gasteiger partial charge in [-0.3, -0.25) is 4.31 Å². The highest BCUT2D eigenvalue weighted by Crippen LogP contribution is 2.32. The van der Waals surface area contributed by atoms with E-state index in [0.717, 1.165) is 27.3 Å². The predicted molar refractivity (Wildman–Crippen MR) is 108 cm³/mol. The third-order valence-electron chi connectivity index (χ3n) is 4.28. The molecular formula is C20H19NO4S2. The van der Waals surface area contributed by atoms with Crippen LogP contribution in [0.2, 0.25) is 0 Å². The van der Waals surface area contributed by atoms with Crippen molar-refractivity contribution < 1.29 is 18.3 Å². The molecule has 1 N–H and O–H groups in total. The fraction of sp³-hybridized carbons (Fsp3) is 0.150. The van der Waals surface area contributed by atoms with Gasteiger partial charge in [-0.2, -0.15) is 0 Å². The standard InChI is InChI=1S/C20H19NO4S2/c1-13-7-10-19(14(2)11-13)27(24,25)21(3)16-6-4-5-15(12-16)17-8-9-18(26-17)20(22)23/h4-12H,1-3H3,(H,22,23). The Labute approximate surface area is 162 Å². The van der Waals surface area contributed by atoms with Gasteiger partial charge in [-0.1, -0.05) is 29.8 Å². The second kappa shape index (κ2) is 7.17. The van der Waals surface area contributed by atoms with Gasteiger partial charge < -0.3 is 5.11 Å². The van der Waals surface area contributed by atoms with E-state index in [9.17, 15) is 13.2 Å². The maximum Gasteiger partial charge on any atom is 0.345 e. The lowest BCUT2D eigenvalue weighted by Gasteiger charge is -2.21. The first kappa shape index (κ1) is 19.1. The van der Waals surface area contributed by atoms with Crippen LogP contribution < -0.4 is 4.31 Å². The van der Waals surface area contributed by atoms with Gasteiger partial charge in [0.15, 0.2) is 0 Å². The van der Waals surface area contributed by atoms with Crippen LogP contribution in [-0.4, -0.2) is 26.5 Å². The zero-order valence-corrected chi connectivity index (χ0v) is 16.8. The lowest BCUT2D eigenvalue weighted by Crippen LogP contribution is -2.27. The number of aromatic carboxylic acids is 1. The maximum atomic E-state index is 13.1. The largest absolute Gasteiger partial charge is 0.477 e. The summed E-state index contributed by atoms with van der Waals surface area (Å²) in [6.45, 7) is 3.70. The number of anilines is 1. The van der Waals surface area contributed by atoms with Crippen molar-refractivity contribution in [3.8, 4) is 10.4 Å². The Bertz CT molecular complexity index is 1120. The number of hydrogen-bond donors (Lipinski definition) is 1. The first-order chi connectivity index (χ1) is 12.7. The van der Waals surface area contributed by atoms with E-state index in [1.54, 1.807) is 49.4 Å². The van der Waals surface area contributed by atoms with Crippen LogP contribution in [0.5, 0.6) is 0 Å². The molecule has 0 spiro atoms. The molecule has 0 saturated carbocycles. The van der Waals surface area contributed by atoms with Crippen LogP contribution in [0.25, 0.3) is 10.4 Å². The van der Waals surface area contributed by atoms with E-state index >= 15 is 0 Å². The summed E-state index contributed by atoms with van der Waals surface area (Å²) in [6.07, 6.45) is 0. The van der Waals surface area contributed by atoms with Crippen LogP contribution >= 0.6 is 11.3 Å². The molecule has 3 aromatic rings. The van der Waals surface area contributed by atoms with Crippen molar-refractivity contribution in [1.29, 1.82) is 0 Å². The van der Waals surface area contributed by atoms with Crippen LogP contribution in [0.4, 0.5) is 5.69 Å². The van der Waals surface area contributed by atoms with Gasteiger partial charge in [0.25, 0.3) is 10.0 Å². The second-order valence-corrected chi connectivity index (χ2v) is 9.28. The first-order valence-electron chi connectivity index (χ1n) is 8.20. The minimum Gasteiger partial charge on any atom is -0.477 e.